The van der Waals surface area contributed by atoms with E-state index >= 15 is 0 Å². The van der Waals surface area contributed by atoms with E-state index in [0.29, 0.717) is 52.7 Å². The number of benzene rings is 1. The normalized spacial score (nSPS) is 13.1. The van der Waals surface area contributed by atoms with Gasteiger partial charge in [0.15, 0.2) is 17.1 Å². The molecule has 35 heavy (non-hydrogen) atoms. The van der Waals surface area contributed by atoms with Crippen molar-refractivity contribution in [2.45, 2.75) is 26.4 Å². The first-order chi connectivity index (χ1) is 16.9. The maximum atomic E-state index is 13.4. The van der Waals surface area contributed by atoms with Crippen LogP contribution in [-0.4, -0.2) is 69.2 Å². The Bertz CT molecular complexity index is 1370. The van der Waals surface area contributed by atoms with Crippen LogP contribution in [0.5, 0.6) is 11.5 Å². The molecule has 0 unspecified atom stereocenters. The summed E-state index contributed by atoms with van der Waals surface area (Å²) in [7, 11) is 4.02. The number of rotatable bonds is 7. The Morgan fingerprint density at radius 3 is 2.69 bits per heavy atom. The van der Waals surface area contributed by atoms with Gasteiger partial charge in [0.25, 0.3) is 5.91 Å². The van der Waals surface area contributed by atoms with E-state index in [2.05, 4.69) is 20.4 Å². The lowest BCUT2D eigenvalue weighted by Crippen LogP contribution is -2.18. The number of aromatic nitrogens is 5. The zero-order valence-electron chi connectivity index (χ0n) is 20.4. The summed E-state index contributed by atoms with van der Waals surface area (Å²) < 4.78 is 15.0. The van der Waals surface area contributed by atoms with Crippen LogP contribution < -0.4 is 14.8 Å². The molecule has 182 valence electrons. The fourth-order valence-corrected chi connectivity index (χ4v) is 3.99. The van der Waals surface area contributed by atoms with Crippen LogP contribution in [0.2, 0.25) is 0 Å². The van der Waals surface area contributed by atoms with Crippen molar-refractivity contribution in [2.75, 3.05) is 39.2 Å². The van der Waals surface area contributed by atoms with E-state index in [4.69, 9.17) is 14.5 Å². The van der Waals surface area contributed by atoms with Gasteiger partial charge in [-0.1, -0.05) is 0 Å². The minimum absolute atomic E-state index is 0.0846. The molecule has 1 aliphatic heterocycles. The number of hydrogen-bond acceptors (Lipinski definition) is 7. The number of nitrogens with one attached hydrogen (secondary N) is 1. The first-order valence-corrected chi connectivity index (χ1v) is 11.7. The van der Waals surface area contributed by atoms with E-state index in [9.17, 15) is 4.79 Å². The summed E-state index contributed by atoms with van der Waals surface area (Å²) in [4.78, 5) is 20.4. The number of anilines is 1. The second kappa shape index (κ2) is 9.38. The second-order valence-corrected chi connectivity index (χ2v) is 9.08. The van der Waals surface area contributed by atoms with E-state index in [1.807, 2.05) is 61.7 Å². The zero-order valence-corrected chi connectivity index (χ0v) is 20.4. The number of nitrogens with zero attached hydrogens (tertiary/aromatic N) is 6. The number of hydrogen-bond donors (Lipinski definition) is 1. The Morgan fingerprint density at radius 1 is 1.11 bits per heavy atom. The Morgan fingerprint density at radius 2 is 1.91 bits per heavy atom. The summed E-state index contributed by atoms with van der Waals surface area (Å²) in [6, 6.07) is 7.58. The smallest absolute Gasteiger partial charge is 0.256 e. The lowest BCUT2D eigenvalue weighted by molar-refractivity contribution is 0.102. The number of carbonyl (C=O) groups excluding carboxylic acids is 1. The minimum atomic E-state index is -0.244. The summed E-state index contributed by atoms with van der Waals surface area (Å²) in [5.74, 6) is 1.13. The van der Waals surface area contributed by atoms with Crippen LogP contribution in [0.1, 0.15) is 30.2 Å². The second-order valence-electron chi connectivity index (χ2n) is 9.08. The van der Waals surface area contributed by atoms with E-state index in [1.54, 1.807) is 18.5 Å². The maximum Gasteiger partial charge on any atom is 0.256 e. The van der Waals surface area contributed by atoms with Crippen LogP contribution in [0, 0.1) is 0 Å². The molecule has 10 nitrogen and oxygen atoms in total. The van der Waals surface area contributed by atoms with Crippen LogP contribution >= 0.6 is 0 Å². The van der Waals surface area contributed by atoms with Crippen LogP contribution in [-0.2, 0) is 6.54 Å². The van der Waals surface area contributed by atoms with Crippen molar-refractivity contribution in [1.82, 2.24) is 29.4 Å². The van der Waals surface area contributed by atoms with Crippen LogP contribution in [0.15, 0.2) is 42.9 Å². The predicted molar refractivity (Wildman–Crippen MR) is 133 cm³/mol. The fraction of sp³-hybridized carbons (Fsp3) is 0.360. The summed E-state index contributed by atoms with van der Waals surface area (Å²) >= 11 is 0. The van der Waals surface area contributed by atoms with E-state index in [0.717, 1.165) is 18.7 Å². The monoisotopic (exact) mass is 475 g/mol. The van der Waals surface area contributed by atoms with E-state index in [1.165, 1.54) is 0 Å². The molecular weight excluding hydrogens is 446 g/mol. The van der Waals surface area contributed by atoms with Crippen molar-refractivity contribution in [3.63, 3.8) is 0 Å². The number of amides is 1. The molecular formula is C25H29N7O3. The van der Waals surface area contributed by atoms with Gasteiger partial charge in [-0.3, -0.25) is 9.48 Å². The molecule has 10 heteroatoms. The third kappa shape index (κ3) is 4.69. The number of ether oxygens (including phenoxy) is 2. The van der Waals surface area contributed by atoms with Crippen LogP contribution in [0.25, 0.3) is 22.3 Å². The summed E-state index contributed by atoms with van der Waals surface area (Å²) in [6.07, 6.45) is 5.19. The number of likely N-dealkylation sites (N-methyl/N-ethyl adjacent to an activating group) is 1. The molecule has 1 aromatic carbocycles. The van der Waals surface area contributed by atoms with Gasteiger partial charge < -0.3 is 19.7 Å². The molecule has 0 saturated carbocycles. The van der Waals surface area contributed by atoms with Crippen LogP contribution in [0.3, 0.4) is 0 Å². The van der Waals surface area contributed by atoms with Gasteiger partial charge in [-0.2, -0.15) is 10.2 Å². The molecule has 3 aromatic heterocycles. The highest BCUT2D eigenvalue weighted by atomic mass is 16.6. The summed E-state index contributed by atoms with van der Waals surface area (Å²) in [5.41, 5.74) is 3.27. The number of pyridine rings is 1. The minimum Gasteiger partial charge on any atom is -0.486 e. The van der Waals surface area contributed by atoms with Gasteiger partial charge >= 0.3 is 0 Å². The third-order valence-electron chi connectivity index (χ3n) is 5.81. The van der Waals surface area contributed by atoms with Crippen molar-refractivity contribution in [2.24, 2.45) is 0 Å². The molecule has 5 rings (SSSR count). The first-order valence-electron chi connectivity index (χ1n) is 11.7. The lowest BCUT2D eigenvalue weighted by Gasteiger charge is -2.19. The number of fused-ring (bicyclic) bond motifs is 2. The predicted octanol–water partition coefficient (Wildman–Crippen LogP) is 3.46. The highest BCUT2D eigenvalue weighted by Gasteiger charge is 2.20. The standard InChI is InChI=1S/C25H29N7O3/c1-16(2)32-24-20(14-27-32)19(25(33)28-18-13-26-31(15-18)8-7-30(3)4)12-21(29-24)17-5-6-22-23(11-17)35-10-9-34-22/h5-6,11-16H,7-10H2,1-4H3,(H,28,33). The summed E-state index contributed by atoms with van der Waals surface area (Å²) in [6.45, 7) is 6.68. The largest absolute Gasteiger partial charge is 0.486 e. The van der Waals surface area contributed by atoms with Gasteiger partial charge in [0.2, 0.25) is 0 Å². The molecule has 1 N–H and O–H groups in total. The van der Waals surface area contributed by atoms with Crippen LogP contribution in [0.4, 0.5) is 5.69 Å². The third-order valence-corrected chi connectivity index (χ3v) is 5.81. The molecule has 4 aromatic rings. The van der Waals surface area contributed by atoms with Crippen molar-refractivity contribution >= 4 is 22.6 Å². The number of carbonyl (C=O) groups is 1. The zero-order chi connectivity index (χ0) is 24.5. The quantitative estimate of drug-likeness (QED) is 0.437. The first kappa shape index (κ1) is 22.9. The SMILES string of the molecule is CC(C)n1ncc2c(C(=O)Nc3cnn(CCN(C)C)c3)cc(-c3ccc4c(c3)OCCO4)nc21. The molecule has 1 amide bonds. The van der Waals surface area contributed by atoms with Gasteiger partial charge in [-0.15, -0.1) is 0 Å². The maximum absolute atomic E-state index is 13.4. The molecule has 0 atom stereocenters. The van der Waals surface area contributed by atoms with Gasteiger partial charge in [-0.05, 0) is 52.2 Å². The molecule has 0 bridgehead atoms. The van der Waals surface area contributed by atoms with Crippen molar-refractivity contribution < 1.29 is 14.3 Å². The Kier molecular flexibility index (Phi) is 6.12. The Labute approximate surface area is 203 Å². The molecule has 0 spiro atoms. The van der Waals surface area contributed by atoms with Crippen molar-refractivity contribution in [3.05, 3.63) is 48.4 Å². The average Bonchev–Trinajstić information content (AvgIpc) is 3.48. The molecule has 0 aliphatic carbocycles. The molecule has 0 radical (unpaired) electrons. The molecule has 4 heterocycles. The van der Waals surface area contributed by atoms with Gasteiger partial charge in [-0.25, -0.2) is 9.67 Å². The fourth-order valence-electron chi connectivity index (χ4n) is 3.99. The van der Waals surface area contributed by atoms with Gasteiger partial charge in [0, 0.05) is 24.3 Å². The molecule has 1 aliphatic rings. The van der Waals surface area contributed by atoms with Crippen molar-refractivity contribution in [1.29, 1.82) is 0 Å². The highest BCUT2D eigenvalue weighted by Crippen LogP contribution is 2.35. The summed E-state index contributed by atoms with van der Waals surface area (Å²) in [5, 5.41) is 12.5. The topological polar surface area (TPSA) is 99.3 Å². The molecule has 0 fully saturated rings. The van der Waals surface area contributed by atoms with Gasteiger partial charge in [0.05, 0.1) is 41.3 Å². The lowest BCUT2D eigenvalue weighted by atomic mass is 10.1. The average molecular weight is 476 g/mol. The Balaban J connectivity index is 1.51. The van der Waals surface area contributed by atoms with Gasteiger partial charge in [0.1, 0.15) is 13.2 Å². The van der Waals surface area contributed by atoms with E-state index < -0.39 is 0 Å². The Hall–Kier alpha value is -3.92. The highest BCUT2D eigenvalue weighted by molar-refractivity contribution is 6.12. The van der Waals surface area contributed by atoms with E-state index in [-0.39, 0.29) is 11.9 Å². The van der Waals surface area contributed by atoms with Crippen molar-refractivity contribution in [3.8, 4) is 22.8 Å². The molecule has 0 saturated heterocycles.